The first-order valence-electron chi connectivity index (χ1n) is 6.98. The minimum absolute atomic E-state index is 0.0148. The number of nitrogens with one attached hydrogen (secondary N) is 2. The fraction of sp³-hybridized carbons (Fsp3) is 0.583. The molecule has 0 spiro atoms. The first kappa shape index (κ1) is 17.1. The summed E-state index contributed by atoms with van der Waals surface area (Å²) in [6, 6.07) is 2.93. The molecule has 4 N–H and O–H groups in total. The minimum Gasteiger partial charge on any atom is -0.396 e. The maximum absolute atomic E-state index is 12.0. The van der Waals surface area contributed by atoms with Crippen LogP contribution in [0.25, 0.3) is 0 Å². The van der Waals surface area contributed by atoms with Gasteiger partial charge in [0.15, 0.2) is 5.03 Å². The molecule has 22 heavy (non-hydrogen) atoms. The molecule has 1 aliphatic rings. The van der Waals surface area contributed by atoms with E-state index < -0.39 is 20.0 Å². The van der Waals surface area contributed by atoms with Gasteiger partial charge < -0.3 is 5.73 Å². The highest BCUT2D eigenvalue weighted by atomic mass is 32.2. The number of rotatable bonds is 8. The quantitative estimate of drug-likeness (QED) is 0.589. The third kappa shape index (κ3) is 4.63. The number of hydrogen-bond donors (Lipinski definition) is 3. The summed E-state index contributed by atoms with van der Waals surface area (Å²) in [5, 5.41) is -0.296. The van der Waals surface area contributed by atoms with Crippen LogP contribution in [0.3, 0.4) is 0 Å². The lowest BCUT2D eigenvalue weighted by Gasteiger charge is -2.25. The van der Waals surface area contributed by atoms with Crippen molar-refractivity contribution in [1.82, 2.24) is 14.4 Å². The van der Waals surface area contributed by atoms with Gasteiger partial charge in [-0.3, -0.25) is 0 Å². The molecular weight excluding hydrogens is 328 g/mol. The summed E-state index contributed by atoms with van der Waals surface area (Å²) >= 11 is 0. The molecule has 1 aromatic rings. The first-order chi connectivity index (χ1) is 10.3. The molecule has 10 heteroatoms. The number of pyridine rings is 1. The van der Waals surface area contributed by atoms with Crippen molar-refractivity contribution in [3.8, 4) is 0 Å². The van der Waals surface area contributed by atoms with Crippen LogP contribution < -0.4 is 15.2 Å². The number of nitrogens with zero attached hydrogens (tertiary/aromatic N) is 1. The molecule has 0 aromatic carbocycles. The van der Waals surface area contributed by atoms with Crippen molar-refractivity contribution in [3.63, 3.8) is 0 Å². The zero-order valence-electron chi connectivity index (χ0n) is 12.0. The summed E-state index contributed by atoms with van der Waals surface area (Å²) in [7, 11) is -7.41. The van der Waals surface area contributed by atoms with Gasteiger partial charge in [0.05, 0.1) is 11.4 Å². The fourth-order valence-electron chi connectivity index (χ4n) is 2.02. The van der Waals surface area contributed by atoms with E-state index in [1.165, 1.54) is 18.3 Å². The molecular formula is C12H20N4O4S2. The Kier molecular flexibility index (Phi) is 5.37. The van der Waals surface area contributed by atoms with Crippen molar-refractivity contribution in [2.24, 2.45) is 5.92 Å². The summed E-state index contributed by atoms with van der Waals surface area (Å²) in [4.78, 5) is 3.70. The van der Waals surface area contributed by atoms with E-state index in [0.29, 0.717) is 12.5 Å². The van der Waals surface area contributed by atoms with Crippen molar-refractivity contribution in [2.45, 2.75) is 24.3 Å². The Bertz CT molecular complexity index is 714. The summed E-state index contributed by atoms with van der Waals surface area (Å²) in [6.45, 7) is 0.181. The van der Waals surface area contributed by atoms with Gasteiger partial charge in [-0.15, -0.1) is 0 Å². The van der Waals surface area contributed by atoms with Crippen LogP contribution in [-0.2, 0) is 20.0 Å². The van der Waals surface area contributed by atoms with E-state index in [1.807, 2.05) is 0 Å². The van der Waals surface area contributed by atoms with Gasteiger partial charge >= 0.3 is 0 Å². The third-order valence-corrected chi connectivity index (χ3v) is 6.32. The molecule has 0 saturated heterocycles. The van der Waals surface area contributed by atoms with Crippen LogP contribution in [-0.4, -0.2) is 40.7 Å². The predicted octanol–water partition coefficient (Wildman–Crippen LogP) is -0.338. The summed E-state index contributed by atoms with van der Waals surface area (Å²) in [5.41, 5.74) is 5.57. The molecule has 0 unspecified atom stereocenters. The van der Waals surface area contributed by atoms with Crippen molar-refractivity contribution >= 4 is 25.7 Å². The normalized spacial score (nSPS) is 16.4. The third-order valence-electron chi connectivity index (χ3n) is 3.53. The molecule has 1 saturated carbocycles. The molecule has 0 radical (unpaired) electrons. The summed E-state index contributed by atoms with van der Waals surface area (Å²) < 4.78 is 52.2. The molecule has 1 fully saturated rings. The van der Waals surface area contributed by atoms with E-state index in [4.69, 9.17) is 5.73 Å². The Labute approximate surface area is 130 Å². The maximum atomic E-state index is 12.0. The molecule has 124 valence electrons. The van der Waals surface area contributed by atoms with Crippen LogP contribution in [0.4, 0.5) is 5.69 Å². The van der Waals surface area contributed by atoms with Gasteiger partial charge in [0.2, 0.25) is 10.0 Å². The Hall–Kier alpha value is -1.23. The first-order valence-corrected chi connectivity index (χ1v) is 10.1. The number of hydrogen-bond acceptors (Lipinski definition) is 6. The van der Waals surface area contributed by atoms with E-state index in [1.54, 1.807) is 0 Å². The molecule has 1 aromatic heterocycles. The SMILES string of the molecule is Nc1cccnc1S(=O)(=O)NCCS(=O)(=O)NCC1CCC1. The van der Waals surface area contributed by atoms with E-state index in [0.717, 1.165) is 19.3 Å². The molecule has 0 atom stereocenters. The zero-order valence-corrected chi connectivity index (χ0v) is 13.7. The van der Waals surface area contributed by atoms with Gasteiger partial charge in [0.1, 0.15) is 0 Å². The van der Waals surface area contributed by atoms with E-state index in [-0.39, 0.29) is 23.0 Å². The number of sulfonamides is 2. The molecule has 8 nitrogen and oxygen atoms in total. The lowest BCUT2D eigenvalue weighted by atomic mass is 9.86. The van der Waals surface area contributed by atoms with E-state index in [9.17, 15) is 16.8 Å². The molecule has 0 aliphatic heterocycles. The Morgan fingerprint density at radius 2 is 1.95 bits per heavy atom. The molecule has 1 aliphatic carbocycles. The molecule has 1 heterocycles. The predicted molar refractivity (Wildman–Crippen MR) is 83.0 cm³/mol. The average molecular weight is 348 g/mol. The monoisotopic (exact) mass is 348 g/mol. The zero-order chi connectivity index (χ0) is 16.2. The molecule has 0 bridgehead atoms. The second-order valence-corrected chi connectivity index (χ2v) is 8.87. The molecule has 0 amide bonds. The van der Waals surface area contributed by atoms with Crippen molar-refractivity contribution < 1.29 is 16.8 Å². The van der Waals surface area contributed by atoms with Crippen LogP contribution >= 0.6 is 0 Å². The molecule has 2 rings (SSSR count). The van der Waals surface area contributed by atoms with Crippen LogP contribution in [0, 0.1) is 5.92 Å². The Morgan fingerprint density at radius 3 is 2.55 bits per heavy atom. The minimum atomic E-state index is -3.92. The van der Waals surface area contributed by atoms with Gasteiger partial charge in [-0.25, -0.2) is 31.3 Å². The standard InChI is InChI=1S/C12H20N4O4S2/c13-11-5-2-6-14-12(11)22(19,20)15-7-8-21(17,18)16-9-10-3-1-4-10/h2,5-6,10,15-16H,1,3-4,7-9,13H2. The van der Waals surface area contributed by atoms with Gasteiger partial charge in [-0.2, -0.15) is 0 Å². The second kappa shape index (κ2) is 6.90. The van der Waals surface area contributed by atoms with E-state index in [2.05, 4.69) is 14.4 Å². The van der Waals surface area contributed by atoms with Crippen LogP contribution in [0.1, 0.15) is 19.3 Å². The van der Waals surface area contributed by atoms with Crippen molar-refractivity contribution in [3.05, 3.63) is 18.3 Å². The summed E-state index contributed by atoms with van der Waals surface area (Å²) in [6.07, 6.45) is 4.52. The fourth-order valence-corrected chi connectivity index (χ4v) is 4.24. The lowest BCUT2D eigenvalue weighted by molar-refractivity contribution is 0.316. The highest BCUT2D eigenvalue weighted by molar-refractivity contribution is 7.90. The van der Waals surface area contributed by atoms with Gasteiger partial charge in [-0.1, -0.05) is 6.42 Å². The van der Waals surface area contributed by atoms with Crippen LogP contribution in [0.2, 0.25) is 0 Å². The van der Waals surface area contributed by atoms with E-state index >= 15 is 0 Å². The topological polar surface area (TPSA) is 131 Å². The lowest BCUT2D eigenvalue weighted by Crippen LogP contribution is -2.37. The number of anilines is 1. The highest BCUT2D eigenvalue weighted by Gasteiger charge is 2.22. The smallest absolute Gasteiger partial charge is 0.260 e. The largest absolute Gasteiger partial charge is 0.396 e. The number of nitrogen functional groups attached to an aromatic ring is 1. The highest BCUT2D eigenvalue weighted by Crippen LogP contribution is 2.25. The van der Waals surface area contributed by atoms with Crippen LogP contribution in [0.5, 0.6) is 0 Å². The average Bonchev–Trinajstić information content (AvgIpc) is 2.36. The van der Waals surface area contributed by atoms with Gasteiger partial charge in [0.25, 0.3) is 10.0 Å². The van der Waals surface area contributed by atoms with Gasteiger partial charge in [-0.05, 0) is 30.9 Å². The number of nitrogens with two attached hydrogens (primary N) is 1. The van der Waals surface area contributed by atoms with Crippen LogP contribution in [0.15, 0.2) is 23.4 Å². The number of aromatic nitrogens is 1. The Morgan fingerprint density at radius 1 is 1.23 bits per heavy atom. The van der Waals surface area contributed by atoms with Crippen molar-refractivity contribution in [1.29, 1.82) is 0 Å². The Balaban J connectivity index is 1.85. The summed E-state index contributed by atoms with van der Waals surface area (Å²) in [5.74, 6) is 0.0749. The van der Waals surface area contributed by atoms with Gasteiger partial charge in [0, 0.05) is 19.3 Å². The maximum Gasteiger partial charge on any atom is 0.260 e. The second-order valence-electron chi connectivity index (χ2n) is 5.26. The van der Waals surface area contributed by atoms with Crippen molar-refractivity contribution in [2.75, 3.05) is 24.6 Å².